The third kappa shape index (κ3) is 3.42. The molecule has 33 heavy (non-hydrogen) atoms. The highest BCUT2D eigenvalue weighted by molar-refractivity contribution is 8.01. The third-order valence-electron chi connectivity index (χ3n) is 6.11. The fourth-order valence-corrected chi connectivity index (χ4v) is 8.92. The predicted molar refractivity (Wildman–Crippen MR) is 133 cm³/mol. The van der Waals surface area contributed by atoms with E-state index in [0.717, 1.165) is 23.0 Å². The quantitative estimate of drug-likeness (QED) is 0.438. The molecule has 5 heteroatoms. The van der Waals surface area contributed by atoms with Crippen LogP contribution >= 0.6 is 7.26 Å². The molecule has 0 saturated heterocycles. The lowest BCUT2D eigenvalue weighted by Gasteiger charge is -2.29. The van der Waals surface area contributed by atoms with Crippen LogP contribution < -0.4 is 40.2 Å². The second-order valence-corrected chi connectivity index (χ2v) is 11.4. The summed E-state index contributed by atoms with van der Waals surface area (Å²) in [6.07, 6.45) is 0. The van der Waals surface area contributed by atoms with Gasteiger partial charge in [0, 0.05) is 12.1 Å². The largest absolute Gasteiger partial charge is 0.486 e. The number of fused-ring (bicyclic) bond motifs is 2. The minimum atomic E-state index is -2.27. The normalized spacial score (nSPS) is 14.5. The van der Waals surface area contributed by atoms with E-state index in [1.165, 1.54) is 21.2 Å². The van der Waals surface area contributed by atoms with Crippen molar-refractivity contribution in [3.63, 3.8) is 0 Å². The summed E-state index contributed by atoms with van der Waals surface area (Å²) in [7, 11) is -2.27. The van der Waals surface area contributed by atoms with Gasteiger partial charge in [0.1, 0.15) is 54.9 Å². The van der Waals surface area contributed by atoms with E-state index in [9.17, 15) is 0 Å². The van der Waals surface area contributed by atoms with E-state index < -0.39 is 7.26 Å². The summed E-state index contributed by atoms with van der Waals surface area (Å²) >= 11 is 0. The van der Waals surface area contributed by atoms with E-state index in [2.05, 4.69) is 84.9 Å². The average Bonchev–Trinajstić information content (AvgIpc) is 2.90. The molecule has 0 spiro atoms. The van der Waals surface area contributed by atoms with Gasteiger partial charge in [-0.25, -0.2) is 0 Å². The van der Waals surface area contributed by atoms with Gasteiger partial charge in [0.2, 0.25) is 0 Å². The summed E-state index contributed by atoms with van der Waals surface area (Å²) in [5.74, 6) is 3.19. The summed E-state index contributed by atoms with van der Waals surface area (Å²) in [6, 6.07) is 34.3. The van der Waals surface area contributed by atoms with Gasteiger partial charge in [0.25, 0.3) is 0 Å². The summed E-state index contributed by atoms with van der Waals surface area (Å²) < 4.78 is 23.7. The van der Waals surface area contributed by atoms with Crippen LogP contribution in [0.5, 0.6) is 23.0 Å². The lowest BCUT2D eigenvalue weighted by Crippen LogP contribution is -2.39. The fourth-order valence-electron chi connectivity index (χ4n) is 4.68. The number of hydrogen-bond donors (Lipinski definition) is 0. The fraction of sp³-hybridized carbons (Fsp3) is 0.143. The van der Waals surface area contributed by atoms with E-state index >= 15 is 0 Å². The first kappa shape index (κ1) is 20.1. The van der Waals surface area contributed by atoms with Crippen LogP contribution in [-0.2, 0) is 0 Å². The second-order valence-electron chi connectivity index (χ2n) is 8.00. The molecule has 0 amide bonds. The highest BCUT2D eigenvalue weighted by atomic mass is 31.2. The summed E-state index contributed by atoms with van der Waals surface area (Å²) in [4.78, 5) is 0. The molecule has 0 unspecified atom stereocenters. The average molecular weight is 455 g/mol. The number of benzene rings is 4. The highest BCUT2D eigenvalue weighted by Crippen LogP contribution is 2.56. The Morgan fingerprint density at radius 1 is 0.394 bits per heavy atom. The van der Waals surface area contributed by atoms with Crippen molar-refractivity contribution in [2.24, 2.45) is 0 Å². The van der Waals surface area contributed by atoms with Crippen LogP contribution in [-0.4, -0.2) is 26.4 Å². The molecule has 0 atom stereocenters. The Morgan fingerprint density at radius 3 is 1.21 bits per heavy atom. The van der Waals surface area contributed by atoms with Crippen LogP contribution in [0, 0.1) is 0 Å². The number of hydrogen-bond acceptors (Lipinski definition) is 4. The molecule has 4 nitrogen and oxygen atoms in total. The molecule has 0 aromatic heterocycles. The van der Waals surface area contributed by atoms with Gasteiger partial charge in [-0.2, -0.15) is 0 Å². The number of ether oxygens (including phenoxy) is 4. The molecule has 0 N–H and O–H groups in total. The highest BCUT2D eigenvalue weighted by Gasteiger charge is 2.49. The molecule has 0 aliphatic carbocycles. The molecule has 0 bridgehead atoms. The van der Waals surface area contributed by atoms with Crippen molar-refractivity contribution in [3.8, 4) is 23.0 Å². The Kier molecular flexibility index (Phi) is 5.16. The SMILES string of the molecule is c1ccc([P+](c2ccccc2)(c2ccc3c(c2)OCCO3)c2ccc3c(c2)OCCO3)cc1. The zero-order valence-corrected chi connectivity index (χ0v) is 19.0. The van der Waals surface area contributed by atoms with E-state index in [1.54, 1.807) is 0 Å². The monoisotopic (exact) mass is 455 g/mol. The molecule has 2 heterocycles. The smallest absolute Gasteiger partial charge is 0.165 e. The van der Waals surface area contributed by atoms with Crippen LogP contribution in [0.3, 0.4) is 0 Å². The van der Waals surface area contributed by atoms with E-state index in [1.807, 2.05) is 12.1 Å². The van der Waals surface area contributed by atoms with Gasteiger partial charge in [0.15, 0.2) is 23.0 Å². The topological polar surface area (TPSA) is 36.9 Å². The van der Waals surface area contributed by atoms with E-state index in [0.29, 0.717) is 26.4 Å². The molecule has 4 aromatic rings. The van der Waals surface area contributed by atoms with Crippen LogP contribution in [0.25, 0.3) is 0 Å². The van der Waals surface area contributed by atoms with Crippen molar-refractivity contribution in [1.29, 1.82) is 0 Å². The molecule has 0 fully saturated rings. The Balaban J connectivity index is 1.67. The summed E-state index contributed by atoms with van der Waals surface area (Å²) in [5, 5.41) is 4.95. The van der Waals surface area contributed by atoms with Gasteiger partial charge in [-0.1, -0.05) is 36.4 Å². The van der Waals surface area contributed by atoms with Crippen molar-refractivity contribution >= 4 is 28.5 Å². The lowest BCUT2D eigenvalue weighted by molar-refractivity contribution is 0.171. The van der Waals surface area contributed by atoms with Gasteiger partial charge in [0.05, 0.1) is 0 Å². The molecular formula is C28H24O4P+. The first-order chi connectivity index (χ1) is 16.4. The first-order valence-corrected chi connectivity index (χ1v) is 13.0. The Bertz CT molecular complexity index is 1170. The van der Waals surface area contributed by atoms with Crippen LogP contribution in [0.1, 0.15) is 0 Å². The van der Waals surface area contributed by atoms with Crippen molar-refractivity contribution in [2.45, 2.75) is 0 Å². The molecule has 0 saturated carbocycles. The zero-order valence-electron chi connectivity index (χ0n) is 18.1. The maximum atomic E-state index is 6.01. The summed E-state index contributed by atoms with van der Waals surface area (Å²) in [5.41, 5.74) is 0. The van der Waals surface area contributed by atoms with Gasteiger partial charge >= 0.3 is 0 Å². The Labute approximate surface area is 194 Å². The molecule has 4 aromatic carbocycles. The molecule has 2 aliphatic rings. The first-order valence-electron chi connectivity index (χ1n) is 11.2. The van der Waals surface area contributed by atoms with Crippen molar-refractivity contribution in [2.75, 3.05) is 26.4 Å². The Hall–Kier alpha value is -3.49. The predicted octanol–water partition coefficient (Wildman–Crippen LogP) is 3.85. The van der Waals surface area contributed by atoms with Crippen LogP contribution in [0.4, 0.5) is 0 Å². The maximum absolute atomic E-state index is 6.01. The standard InChI is InChI=1S/C28H24O4P/c1-3-7-21(8-4-1)33(22-9-5-2-6-10-22,23-11-13-25-27(19-23)31-17-15-29-25)24-12-14-26-28(20-24)32-18-16-30-26/h1-14,19-20H,15-18H2/q+1. The molecule has 2 aliphatic heterocycles. The van der Waals surface area contributed by atoms with E-state index in [-0.39, 0.29) is 0 Å². The van der Waals surface area contributed by atoms with Crippen molar-refractivity contribution in [1.82, 2.24) is 0 Å². The molecule has 6 rings (SSSR count). The Morgan fingerprint density at radius 2 is 0.788 bits per heavy atom. The van der Waals surface area contributed by atoms with Gasteiger partial charge in [-0.3, -0.25) is 0 Å². The molecular weight excluding hydrogens is 431 g/mol. The van der Waals surface area contributed by atoms with Crippen molar-refractivity contribution in [3.05, 3.63) is 97.1 Å². The lowest BCUT2D eigenvalue weighted by atomic mass is 10.3. The molecule has 0 radical (unpaired) electrons. The van der Waals surface area contributed by atoms with Crippen molar-refractivity contribution < 1.29 is 18.9 Å². The minimum Gasteiger partial charge on any atom is -0.486 e. The van der Waals surface area contributed by atoms with E-state index in [4.69, 9.17) is 18.9 Å². The maximum Gasteiger partial charge on any atom is 0.165 e. The van der Waals surface area contributed by atoms with Gasteiger partial charge in [-0.15, -0.1) is 0 Å². The van der Waals surface area contributed by atoms with Crippen LogP contribution in [0.2, 0.25) is 0 Å². The van der Waals surface area contributed by atoms with Crippen LogP contribution in [0.15, 0.2) is 97.1 Å². The molecule has 164 valence electrons. The van der Waals surface area contributed by atoms with Gasteiger partial charge in [-0.05, 0) is 48.5 Å². The second kappa shape index (κ2) is 8.46. The zero-order chi connectivity index (χ0) is 22.1. The summed E-state index contributed by atoms with van der Waals surface area (Å²) in [6.45, 7) is 2.27. The minimum absolute atomic E-state index is 0.558. The number of rotatable bonds is 4. The third-order valence-corrected chi connectivity index (χ3v) is 10.4. The van der Waals surface area contributed by atoms with Gasteiger partial charge < -0.3 is 18.9 Å².